The zero-order valence-electron chi connectivity index (χ0n) is 11.9. The predicted molar refractivity (Wildman–Crippen MR) is 81.7 cm³/mol. The van der Waals surface area contributed by atoms with Crippen LogP contribution in [0.5, 0.6) is 11.5 Å². The minimum atomic E-state index is -3.94. The van der Waals surface area contributed by atoms with Crippen molar-refractivity contribution in [3.63, 3.8) is 0 Å². The Morgan fingerprint density at radius 2 is 1.71 bits per heavy atom. The van der Waals surface area contributed by atoms with E-state index in [-0.39, 0.29) is 10.6 Å². The number of methoxy groups -OCH3 is 1. The Labute approximate surface area is 129 Å². The molecule has 0 aromatic heterocycles. The van der Waals surface area contributed by atoms with E-state index in [1.165, 1.54) is 25.3 Å². The average molecular weight is 327 g/mol. The van der Waals surface area contributed by atoms with Gasteiger partial charge in [0.25, 0.3) is 0 Å². The van der Waals surface area contributed by atoms with Crippen molar-refractivity contribution in [2.24, 2.45) is 0 Å². The SMILES string of the molecule is COc1cc(S(=O)(=O)Oc2cc(C)ccc2C)ccc1Cl. The first-order valence-electron chi connectivity index (χ1n) is 6.19. The smallest absolute Gasteiger partial charge is 0.339 e. The molecule has 0 saturated carbocycles. The normalized spacial score (nSPS) is 11.2. The summed E-state index contributed by atoms with van der Waals surface area (Å²) < 4.78 is 34.9. The third-order valence-corrected chi connectivity index (χ3v) is 4.50. The summed E-state index contributed by atoms with van der Waals surface area (Å²) in [5, 5.41) is 0.336. The van der Waals surface area contributed by atoms with Gasteiger partial charge in [0.2, 0.25) is 0 Å². The summed E-state index contributed by atoms with van der Waals surface area (Å²) in [6.45, 7) is 3.65. The second-order valence-electron chi connectivity index (χ2n) is 4.60. The van der Waals surface area contributed by atoms with E-state index >= 15 is 0 Å². The maximum absolute atomic E-state index is 12.3. The Morgan fingerprint density at radius 1 is 1.00 bits per heavy atom. The lowest BCUT2D eigenvalue weighted by molar-refractivity contribution is 0.413. The first-order chi connectivity index (χ1) is 9.83. The zero-order valence-corrected chi connectivity index (χ0v) is 13.5. The van der Waals surface area contributed by atoms with Crippen molar-refractivity contribution in [2.45, 2.75) is 18.7 Å². The second kappa shape index (κ2) is 5.95. The van der Waals surface area contributed by atoms with Gasteiger partial charge in [-0.3, -0.25) is 0 Å². The molecule has 0 radical (unpaired) electrons. The maximum Gasteiger partial charge on any atom is 0.339 e. The van der Waals surface area contributed by atoms with Gasteiger partial charge in [0.1, 0.15) is 16.4 Å². The molecule has 2 aromatic carbocycles. The molecule has 0 aliphatic heterocycles. The van der Waals surface area contributed by atoms with E-state index in [1.807, 2.05) is 19.1 Å². The van der Waals surface area contributed by atoms with Gasteiger partial charge in [-0.25, -0.2) is 0 Å². The molecule has 0 fully saturated rings. The van der Waals surface area contributed by atoms with Gasteiger partial charge in [-0.1, -0.05) is 23.7 Å². The molecule has 0 heterocycles. The standard InChI is InChI=1S/C15H15ClO4S/c1-10-4-5-11(2)14(8-10)20-21(17,18)12-6-7-13(16)15(9-12)19-3/h4-9H,1-3H3. The van der Waals surface area contributed by atoms with Gasteiger partial charge in [0.05, 0.1) is 12.1 Å². The number of benzene rings is 2. The molecular weight excluding hydrogens is 312 g/mol. The molecular formula is C15H15ClO4S. The monoisotopic (exact) mass is 326 g/mol. The van der Waals surface area contributed by atoms with Crippen LogP contribution < -0.4 is 8.92 Å². The molecule has 2 rings (SSSR count). The Morgan fingerprint density at radius 3 is 2.38 bits per heavy atom. The van der Waals surface area contributed by atoms with Gasteiger partial charge in [-0.2, -0.15) is 8.42 Å². The van der Waals surface area contributed by atoms with Crippen LogP contribution in [0.4, 0.5) is 0 Å². The van der Waals surface area contributed by atoms with Crippen LogP contribution in [-0.4, -0.2) is 15.5 Å². The Balaban J connectivity index is 2.41. The first-order valence-corrected chi connectivity index (χ1v) is 7.97. The number of halogens is 1. The van der Waals surface area contributed by atoms with Crippen LogP contribution in [0.15, 0.2) is 41.3 Å². The van der Waals surface area contributed by atoms with Crippen LogP contribution >= 0.6 is 11.6 Å². The van der Waals surface area contributed by atoms with E-state index in [4.69, 9.17) is 20.5 Å². The van der Waals surface area contributed by atoms with Crippen LogP contribution in [0, 0.1) is 13.8 Å². The highest BCUT2D eigenvalue weighted by atomic mass is 35.5. The minimum absolute atomic E-state index is 0.00958. The lowest BCUT2D eigenvalue weighted by Crippen LogP contribution is -2.10. The molecule has 0 bridgehead atoms. The lowest BCUT2D eigenvalue weighted by Gasteiger charge is -2.11. The predicted octanol–water partition coefficient (Wildman–Crippen LogP) is 3.73. The largest absolute Gasteiger partial charge is 0.495 e. The van der Waals surface area contributed by atoms with Crippen molar-refractivity contribution in [3.05, 3.63) is 52.5 Å². The van der Waals surface area contributed by atoms with E-state index in [0.717, 1.165) is 11.1 Å². The first kappa shape index (κ1) is 15.7. The third-order valence-electron chi connectivity index (χ3n) is 2.95. The molecule has 0 N–H and O–H groups in total. The highest BCUT2D eigenvalue weighted by molar-refractivity contribution is 7.87. The Bertz CT molecular complexity index is 769. The Hall–Kier alpha value is -1.72. The van der Waals surface area contributed by atoms with Crippen molar-refractivity contribution in [3.8, 4) is 11.5 Å². The summed E-state index contributed by atoms with van der Waals surface area (Å²) in [6, 6.07) is 9.55. The molecule has 6 heteroatoms. The summed E-state index contributed by atoms with van der Waals surface area (Å²) in [7, 11) is -2.52. The molecule has 4 nitrogen and oxygen atoms in total. The van der Waals surface area contributed by atoms with Gasteiger partial charge >= 0.3 is 10.1 Å². The summed E-state index contributed by atoms with van der Waals surface area (Å²) in [4.78, 5) is -0.00958. The summed E-state index contributed by atoms with van der Waals surface area (Å²) in [5.74, 6) is 0.589. The van der Waals surface area contributed by atoms with Crippen LogP contribution in [0.3, 0.4) is 0 Å². The van der Waals surface area contributed by atoms with Crippen molar-refractivity contribution in [1.82, 2.24) is 0 Å². The van der Waals surface area contributed by atoms with Crippen molar-refractivity contribution >= 4 is 21.7 Å². The molecule has 2 aromatic rings. The number of aryl methyl sites for hydroxylation is 2. The van der Waals surface area contributed by atoms with Crippen molar-refractivity contribution in [1.29, 1.82) is 0 Å². The fourth-order valence-electron chi connectivity index (χ4n) is 1.76. The van der Waals surface area contributed by atoms with Gasteiger partial charge in [-0.15, -0.1) is 0 Å². The highest BCUT2D eigenvalue weighted by Crippen LogP contribution is 2.29. The molecule has 0 aliphatic rings. The number of hydrogen-bond acceptors (Lipinski definition) is 4. The van der Waals surface area contributed by atoms with E-state index in [1.54, 1.807) is 13.0 Å². The summed E-state index contributed by atoms with van der Waals surface area (Å²) in [5.41, 5.74) is 1.66. The molecule has 112 valence electrons. The fourth-order valence-corrected chi connectivity index (χ4v) is 2.95. The van der Waals surface area contributed by atoms with Crippen LogP contribution in [-0.2, 0) is 10.1 Å². The van der Waals surface area contributed by atoms with E-state index in [2.05, 4.69) is 0 Å². The van der Waals surface area contributed by atoms with Crippen molar-refractivity contribution < 1.29 is 17.3 Å². The van der Waals surface area contributed by atoms with Gasteiger partial charge in [0, 0.05) is 6.07 Å². The minimum Gasteiger partial charge on any atom is -0.495 e. The molecule has 0 amide bonds. The second-order valence-corrected chi connectivity index (χ2v) is 6.56. The average Bonchev–Trinajstić information content (AvgIpc) is 2.43. The van der Waals surface area contributed by atoms with Crippen molar-refractivity contribution in [2.75, 3.05) is 7.11 Å². The maximum atomic E-state index is 12.3. The molecule has 21 heavy (non-hydrogen) atoms. The molecule has 0 saturated heterocycles. The van der Waals surface area contributed by atoms with Crippen LogP contribution in [0.25, 0.3) is 0 Å². The van der Waals surface area contributed by atoms with Gasteiger partial charge in [-0.05, 0) is 43.2 Å². The Kier molecular flexibility index (Phi) is 4.44. The van der Waals surface area contributed by atoms with Crippen LogP contribution in [0.1, 0.15) is 11.1 Å². The third kappa shape index (κ3) is 3.49. The molecule has 0 unspecified atom stereocenters. The van der Waals surface area contributed by atoms with E-state index in [0.29, 0.717) is 10.8 Å². The van der Waals surface area contributed by atoms with Gasteiger partial charge in [0.15, 0.2) is 0 Å². The molecule has 0 aliphatic carbocycles. The highest BCUT2D eigenvalue weighted by Gasteiger charge is 2.19. The fraction of sp³-hybridized carbons (Fsp3) is 0.200. The number of hydrogen-bond donors (Lipinski definition) is 0. The van der Waals surface area contributed by atoms with Gasteiger partial charge < -0.3 is 8.92 Å². The lowest BCUT2D eigenvalue weighted by atomic mass is 10.1. The number of rotatable bonds is 4. The van der Waals surface area contributed by atoms with E-state index in [9.17, 15) is 8.42 Å². The molecule has 0 spiro atoms. The quantitative estimate of drug-likeness (QED) is 0.803. The summed E-state index contributed by atoms with van der Waals surface area (Å²) >= 11 is 5.89. The number of ether oxygens (including phenoxy) is 1. The summed E-state index contributed by atoms with van der Waals surface area (Å²) in [6.07, 6.45) is 0. The van der Waals surface area contributed by atoms with Crippen LogP contribution in [0.2, 0.25) is 5.02 Å². The van der Waals surface area contributed by atoms with E-state index < -0.39 is 10.1 Å². The zero-order chi connectivity index (χ0) is 15.6. The topological polar surface area (TPSA) is 52.6 Å². The molecule has 0 atom stereocenters.